The number of nitrogens with zero attached hydrogens (tertiary/aromatic N) is 2. The molecule has 196 valence electrons. The van der Waals surface area contributed by atoms with E-state index >= 15 is 0 Å². The van der Waals surface area contributed by atoms with Crippen molar-refractivity contribution in [3.8, 4) is 5.75 Å². The molecule has 1 aliphatic heterocycles. The minimum Gasteiger partial charge on any atom is -0.406 e. The molecule has 2 heterocycles. The molecule has 4 rings (SSSR count). The van der Waals surface area contributed by atoms with Gasteiger partial charge >= 0.3 is 12.5 Å². The topological polar surface area (TPSA) is 54.5 Å². The number of amides is 1. The average molecular weight is 523 g/mol. The molecule has 1 amide bonds. The molecule has 0 radical (unpaired) electrons. The zero-order valence-electron chi connectivity index (χ0n) is 19.8. The number of ether oxygens (including phenoxy) is 1. The molecule has 1 N–H and O–H groups in total. The normalized spacial score (nSPS) is 18.8. The summed E-state index contributed by atoms with van der Waals surface area (Å²) in [5, 5.41) is 3.24. The van der Waals surface area contributed by atoms with Crippen LogP contribution in [-0.2, 0) is 16.5 Å². The molecular formula is C26H23F6N3O2. The van der Waals surface area contributed by atoms with Crippen molar-refractivity contribution in [3.63, 3.8) is 0 Å². The highest BCUT2D eigenvalue weighted by Gasteiger charge is 2.43. The summed E-state index contributed by atoms with van der Waals surface area (Å²) in [6, 6.07) is 15.2. The Kier molecular flexibility index (Phi) is 6.93. The second kappa shape index (κ2) is 9.70. The number of hydrogen-bond donors (Lipinski definition) is 1. The van der Waals surface area contributed by atoms with Gasteiger partial charge in [0.05, 0.1) is 12.1 Å². The van der Waals surface area contributed by atoms with Crippen LogP contribution < -0.4 is 15.0 Å². The molecule has 1 aromatic heterocycles. The number of benzene rings is 2. The standard InChI is InChI=1S/C26H23F6N3O2/c1-24(2,17-8-13-22(33-15-17)25(27,28)29)34-20-14-21(16-6-4-3-5-7-16)35(23(20)36)18-9-11-19(12-10-18)37-26(30,31)32/h3-13,15,20-21,34H,14H2,1-2H3/t20-,21+/m0/s1. The monoisotopic (exact) mass is 523 g/mol. The molecule has 11 heteroatoms. The van der Waals surface area contributed by atoms with Crippen LogP contribution in [0.5, 0.6) is 5.75 Å². The van der Waals surface area contributed by atoms with E-state index in [0.717, 1.165) is 30.0 Å². The van der Waals surface area contributed by atoms with Crippen molar-refractivity contribution >= 4 is 11.6 Å². The quantitative estimate of drug-likeness (QED) is 0.382. The molecule has 3 aromatic rings. The summed E-state index contributed by atoms with van der Waals surface area (Å²) in [6.45, 7) is 3.46. The smallest absolute Gasteiger partial charge is 0.406 e. The van der Waals surface area contributed by atoms with Crippen molar-refractivity contribution in [2.45, 2.75) is 50.4 Å². The number of aromatic nitrogens is 1. The number of rotatable bonds is 6. The third kappa shape index (κ3) is 6.04. The minimum absolute atomic E-state index is 0.321. The van der Waals surface area contributed by atoms with Gasteiger partial charge in [0.15, 0.2) is 0 Å². The summed E-state index contributed by atoms with van der Waals surface area (Å²) >= 11 is 0. The van der Waals surface area contributed by atoms with Crippen LogP contribution in [0.25, 0.3) is 0 Å². The maximum atomic E-state index is 13.6. The molecule has 5 nitrogen and oxygen atoms in total. The summed E-state index contributed by atoms with van der Waals surface area (Å²) in [6.07, 6.45) is -7.96. The predicted molar refractivity (Wildman–Crippen MR) is 124 cm³/mol. The molecular weight excluding hydrogens is 500 g/mol. The van der Waals surface area contributed by atoms with E-state index in [1.807, 2.05) is 30.3 Å². The maximum absolute atomic E-state index is 13.6. The number of nitrogens with one attached hydrogen (secondary N) is 1. The number of halogens is 6. The Hall–Kier alpha value is -3.60. The van der Waals surface area contributed by atoms with E-state index in [4.69, 9.17) is 0 Å². The molecule has 0 aliphatic carbocycles. The van der Waals surface area contributed by atoms with Crippen molar-refractivity contribution in [1.29, 1.82) is 0 Å². The van der Waals surface area contributed by atoms with Crippen molar-refractivity contribution in [2.75, 3.05) is 4.90 Å². The maximum Gasteiger partial charge on any atom is 0.573 e. The van der Waals surface area contributed by atoms with Crippen molar-refractivity contribution in [1.82, 2.24) is 10.3 Å². The SMILES string of the molecule is CC(C)(N[C@H]1C[C@H](c2ccccc2)N(c2ccc(OC(F)(F)F)cc2)C1=O)c1ccc(C(F)(F)F)nc1. The minimum atomic E-state index is -4.84. The van der Waals surface area contributed by atoms with Crippen molar-refractivity contribution in [2.24, 2.45) is 0 Å². The first-order valence-corrected chi connectivity index (χ1v) is 11.3. The summed E-state index contributed by atoms with van der Waals surface area (Å²) in [5.41, 5.74) is -0.274. The van der Waals surface area contributed by atoms with E-state index in [-0.39, 0.29) is 5.91 Å². The number of carbonyl (C=O) groups excluding carboxylic acids is 1. The molecule has 0 unspecified atom stereocenters. The first-order valence-electron chi connectivity index (χ1n) is 11.3. The Morgan fingerprint density at radius 1 is 0.919 bits per heavy atom. The van der Waals surface area contributed by atoms with Gasteiger partial charge in [0.1, 0.15) is 11.4 Å². The zero-order chi connectivity index (χ0) is 27.0. The third-order valence-electron chi connectivity index (χ3n) is 6.15. The van der Waals surface area contributed by atoms with Crippen LogP contribution in [0.15, 0.2) is 72.9 Å². The Labute approximate surface area is 209 Å². The first kappa shape index (κ1) is 26.5. The lowest BCUT2D eigenvalue weighted by molar-refractivity contribution is -0.274. The van der Waals surface area contributed by atoms with Gasteiger partial charge in [-0.1, -0.05) is 36.4 Å². The lowest BCUT2D eigenvalue weighted by Gasteiger charge is -2.30. The third-order valence-corrected chi connectivity index (χ3v) is 6.15. The summed E-state index contributed by atoms with van der Waals surface area (Å²) < 4.78 is 80.4. The highest BCUT2D eigenvalue weighted by Crippen LogP contribution is 2.39. The van der Waals surface area contributed by atoms with Gasteiger partial charge in [-0.2, -0.15) is 13.2 Å². The average Bonchev–Trinajstić information content (AvgIpc) is 3.14. The summed E-state index contributed by atoms with van der Waals surface area (Å²) in [5.74, 6) is -0.740. The van der Waals surface area contributed by atoms with E-state index in [2.05, 4.69) is 15.0 Å². The van der Waals surface area contributed by atoms with Gasteiger partial charge < -0.3 is 9.64 Å². The van der Waals surface area contributed by atoms with E-state index in [1.54, 1.807) is 13.8 Å². The number of carbonyl (C=O) groups is 1. The number of hydrogen-bond acceptors (Lipinski definition) is 4. The van der Waals surface area contributed by atoms with Crippen molar-refractivity contribution in [3.05, 3.63) is 89.7 Å². The lowest BCUT2D eigenvalue weighted by atomic mass is 9.93. The fourth-order valence-corrected chi connectivity index (χ4v) is 4.40. The van der Waals surface area contributed by atoms with E-state index in [0.29, 0.717) is 17.7 Å². The van der Waals surface area contributed by atoms with Gasteiger partial charge in [0.25, 0.3) is 0 Å². The zero-order valence-corrected chi connectivity index (χ0v) is 19.8. The molecule has 0 saturated carbocycles. The van der Waals surface area contributed by atoms with Gasteiger partial charge in [-0.3, -0.25) is 15.1 Å². The largest absolute Gasteiger partial charge is 0.573 e. The van der Waals surface area contributed by atoms with Crippen LogP contribution in [-0.4, -0.2) is 23.3 Å². The highest BCUT2D eigenvalue weighted by atomic mass is 19.4. The molecule has 0 spiro atoms. The van der Waals surface area contributed by atoms with Crippen LogP contribution in [0.1, 0.15) is 43.1 Å². The number of alkyl halides is 6. The Bertz CT molecular complexity index is 1230. The Morgan fingerprint density at radius 2 is 1.57 bits per heavy atom. The fraction of sp³-hybridized carbons (Fsp3) is 0.308. The van der Waals surface area contributed by atoms with Gasteiger partial charge in [-0.25, -0.2) is 0 Å². The van der Waals surface area contributed by atoms with Crippen LogP contribution in [0, 0.1) is 0 Å². The lowest BCUT2D eigenvalue weighted by Crippen LogP contribution is -2.47. The Morgan fingerprint density at radius 3 is 2.11 bits per heavy atom. The van der Waals surface area contributed by atoms with Gasteiger partial charge in [-0.05, 0) is 61.7 Å². The van der Waals surface area contributed by atoms with Crippen molar-refractivity contribution < 1.29 is 35.9 Å². The molecule has 2 aromatic carbocycles. The van der Waals surface area contributed by atoms with Gasteiger partial charge in [0, 0.05) is 17.4 Å². The molecule has 2 atom stereocenters. The van der Waals surface area contributed by atoms with Crippen LogP contribution in [0.3, 0.4) is 0 Å². The molecule has 1 fully saturated rings. The van der Waals surface area contributed by atoms with Crippen LogP contribution >= 0.6 is 0 Å². The van der Waals surface area contributed by atoms with E-state index in [1.165, 1.54) is 23.1 Å². The predicted octanol–water partition coefficient (Wildman–Crippen LogP) is 6.37. The van der Waals surface area contributed by atoms with Crippen LogP contribution in [0.4, 0.5) is 32.0 Å². The fourth-order valence-electron chi connectivity index (χ4n) is 4.40. The van der Waals surface area contributed by atoms with E-state index in [9.17, 15) is 31.1 Å². The Balaban J connectivity index is 1.61. The highest BCUT2D eigenvalue weighted by molar-refractivity contribution is 6.00. The molecule has 1 aliphatic rings. The number of pyridine rings is 1. The molecule has 1 saturated heterocycles. The molecule has 0 bridgehead atoms. The number of anilines is 1. The summed E-state index contributed by atoms with van der Waals surface area (Å²) in [7, 11) is 0. The van der Waals surface area contributed by atoms with E-state index < -0.39 is 41.6 Å². The van der Waals surface area contributed by atoms with Gasteiger partial charge in [0.2, 0.25) is 5.91 Å². The van der Waals surface area contributed by atoms with Gasteiger partial charge in [-0.15, -0.1) is 13.2 Å². The second-order valence-electron chi connectivity index (χ2n) is 9.16. The first-order chi connectivity index (χ1) is 17.2. The van der Waals surface area contributed by atoms with Crippen LogP contribution in [0.2, 0.25) is 0 Å². The summed E-state index contributed by atoms with van der Waals surface area (Å²) in [4.78, 5) is 18.6. The molecule has 37 heavy (non-hydrogen) atoms. The second-order valence-corrected chi connectivity index (χ2v) is 9.16.